The number of hydrogen-bond acceptors (Lipinski definition) is 3. The van der Waals surface area contributed by atoms with Gasteiger partial charge in [-0.1, -0.05) is 100 Å². The van der Waals surface area contributed by atoms with Gasteiger partial charge < -0.3 is 4.42 Å². The Balaban J connectivity index is 1.49. The molecule has 0 fully saturated rings. The molecule has 8 rings (SSSR count). The van der Waals surface area contributed by atoms with Gasteiger partial charge in [-0.2, -0.15) is 9.67 Å². The summed E-state index contributed by atoms with van der Waals surface area (Å²) in [6, 6.07) is 34.5. The van der Waals surface area contributed by atoms with Crippen LogP contribution in [0.4, 0.5) is 0 Å². The lowest BCUT2D eigenvalue weighted by molar-refractivity contribution is -0.633. The van der Waals surface area contributed by atoms with E-state index in [-0.39, 0.29) is 0 Å². The van der Waals surface area contributed by atoms with Crippen molar-refractivity contribution in [1.29, 1.82) is 0 Å². The van der Waals surface area contributed by atoms with Gasteiger partial charge in [0.05, 0.1) is 13.2 Å². The molecule has 0 spiro atoms. The number of aryl methyl sites for hydroxylation is 2. The van der Waals surface area contributed by atoms with Crippen LogP contribution in [0.3, 0.4) is 0 Å². The standard InChI is InChI=1S/C41H37N4O/c1-24(2)29-15-12-16-30(25(3)4)39(29)45-35-18-11-10-17-34(35)44(6)41(45)37-26(5)19-20-31-33-21-28-23-42-43-38(27-13-8-7-9-14-27)32(28)22-36(33)46-40(31)37/h7-25H,1-6H3/q+1. The number of para-hydroxylation sites is 3. The Morgan fingerprint density at radius 3 is 2.20 bits per heavy atom. The van der Waals surface area contributed by atoms with Crippen LogP contribution >= 0.6 is 0 Å². The predicted molar refractivity (Wildman–Crippen MR) is 189 cm³/mol. The molecule has 0 aliphatic rings. The van der Waals surface area contributed by atoms with E-state index in [1.54, 1.807) is 0 Å². The number of benzene rings is 5. The largest absolute Gasteiger partial charge is 0.455 e. The van der Waals surface area contributed by atoms with E-state index in [4.69, 9.17) is 4.42 Å². The first-order chi connectivity index (χ1) is 22.3. The maximum Gasteiger partial charge on any atom is 0.299 e. The summed E-state index contributed by atoms with van der Waals surface area (Å²) >= 11 is 0. The summed E-state index contributed by atoms with van der Waals surface area (Å²) in [4.78, 5) is 0. The molecule has 0 saturated heterocycles. The molecule has 0 N–H and O–H groups in total. The Morgan fingerprint density at radius 1 is 0.739 bits per heavy atom. The highest BCUT2D eigenvalue weighted by Crippen LogP contribution is 2.42. The van der Waals surface area contributed by atoms with Crippen molar-refractivity contribution in [3.05, 3.63) is 120 Å². The SMILES string of the molecule is Cc1ccc2c(oc3cc4c(-c5ccccc5)nncc4cc32)c1-c1n(-c2c(C(C)C)cccc2C(C)C)c2ccccc2[n+]1C. The average molecular weight is 602 g/mol. The summed E-state index contributed by atoms with van der Waals surface area (Å²) < 4.78 is 11.8. The molecular formula is C41H37N4O+. The highest BCUT2D eigenvalue weighted by atomic mass is 16.3. The van der Waals surface area contributed by atoms with Crippen LogP contribution in [0.25, 0.3) is 72.1 Å². The van der Waals surface area contributed by atoms with E-state index in [1.165, 1.54) is 27.8 Å². The number of imidazole rings is 1. The second kappa shape index (κ2) is 10.7. The van der Waals surface area contributed by atoms with Crippen molar-refractivity contribution in [3.63, 3.8) is 0 Å². The van der Waals surface area contributed by atoms with Crippen molar-refractivity contribution < 1.29 is 8.98 Å². The third kappa shape index (κ3) is 4.18. The van der Waals surface area contributed by atoms with Crippen molar-refractivity contribution >= 4 is 43.7 Å². The Morgan fingerprint density at radius 2 is 1.46 bits per heavy atom. The van der Waals surface area contributed by atoms with Crippen molar-refractivity contribution in [1.82, 2.24) is 14.8 Å². The van der Waals surface area contributed by atoms with Crippen LogP contribution in [0.15, 0.2) is 108 Å². The van der Waals surface area contributed by atoms with Gasteiger partial charge >= 0.3 is 0 Å². The zero-order valence-electron chi connectivity index (χ0n) is 27.2. The fourth-order valence-electron chi connectivity index (χ4n) is 7.19. The maximum atomic E-state index is 6.94. The fourth-order valence-corrected chi connectivity index (χ4v) is 7.19. The quantitative estimate of drug-likeness (QED) is 0.184. The highest BCUT2D eigenvalue weighted by Gasteiger charge is 2.33. The Hall–Kier alpha value is -5.29. The molecule has 0 aliphatic heterocycles. The molecule has 0 amide bonds. The molecule has 0 atom stereocenters. The molecule has 0 aliphatic carbocycles. The maximum absolute atomic E-state index is 6.94. The lowest BCUT2D eigenvalue weighted by atomic mass is 9.92. The molecule has 0 saturated carbocycles. The topological polar surface area (TPSA) is 47.7 Å². The molecule has 3 heterocycles. The minimum atomic E-state index is 0.351. The molecule has 5 nitrogen and oxygen atoms in total. The number of aromatic nitrogens is 4. The van der Waals surface area contributed by atoms with E-state index in [9.17, 15) is 0 Å². The number of furan rings is 1. The smallest absolute Gasteiger partial charge is 0.299 e. The molecule has 8 aromatic rings. The second-order valence-corrected chi connectivity index (χ2v) is 13.0. The number of nitrogens with zero attached hydrogens (tertiary/aromatic N) is 4. The van der Waals surface area contributed by atoms with Crippen molar-refractivity contribution in [2.24, 2.45) is 7.05 Å². The predicted octanol–water partition coefficient (Wildman–Crippen LogP) is 10.2. The van der Waals surface area contributed by atoms with Crippen LogP contribution < -0.4 is 4.57 Å². The normalized spacial score (nSPS) is 12.1. The fraction of sp³-hybridized carbons (Fsp3) is 0.195. The van der Waals surface area contributed by atoms with Gasteiger partial charge in [-0.15, -0.1) is 5.10 Å². The summed E-state index contributed by atoms with van der Waals surface area (Å²) in [5.41, 5.74) is 12.2. The third-order valence-corrected chi connectivity index (χ3v) is 9.48. The molecule has 3 aromatic heterocycles. The average Bonchev–Trinajstić information content (AvgIpc) is 3.57. The molecule has 46 heavy (non-hydrogen) atoms. The molecule has 0 bridgehead atoms. The van der Waals surface area contributed by atoms with Crippen LogP contribution in [0.1, 0.15) is 56.2 Å². The lowest BCUT2D eigenvalue weighted by Gasteiger charge is -2.18. The summed E-state index contributed by atoms with van der Waals surface area (Å²) in [5.74, 6) is 1.81. The van der Waals surface area contributed by atoms with Crippen molar-refractivity contribution in [2.45, 2.75) is 46.5 Å². The van der Waals surface area contributed by atoms with E-state index >= 15 is 0 Å². The Bertz CT molecular complexity index is 2420. The van der Waals surface area contributed by atoms with Gasteiger partial charge in [0.2, 0.25) is 0 Å². The van der Waals surface area contributed by atoms with Gasteiger partial charge in [0.25, 0.3) is 5.82 Å². The van der Waals surface area contributed by atoms with E-state index in [2.05, 4.69) is 140 Å². The van der Waals surface area contributed by atoms with Crippen LogP contribution in [-0.2, 0) is 7.05 Å². The third-order valence-electron chi connectivity index (χ3n) is 9.48. The first-order valence-electron chi connectivity index (χ1n) is 16.1. The van der Waals surface area contributed by atoms with Gasteiger partial charge in [-0.3, -0.25) is 0 Å². The van der Waals surface area contributed by atoms with Crippen LogP contribution in [0.5, 0.6) is 0 Å². The summed E-state index contributed by atoms with van der Waals surface area (Å²) in [7, 11) is 2.18. The summed E-state index contributed by atoms with van der Waals surface area (Å²) in [6.45, 7) is 11.4. The number of rotatable bonds is 5. The van der Waals surface area contributed by atoms with E-state index in [1.807, 2.05) is 24.4 Å². The van der Waals surface area contributed by atoms with Crippen LogP contribution in [0.2, 0.25) is 0 Å². The molecule has 0 unspecified atom stereocenters. The molecule has 0 radical (unpaired) electrons. The van der Waals surface area contributed by atoms with Crippen molar-refractivity contribution in [3.8, 4) is 28.3 Å². The second-order valence-electron chi connectivity index (χ2n) is 13.0. The molecule has 5 aromatic carbocycles. The van der Waals surface area contributed by atoms with Gasteiger partial charge in [0.1, 0.15) is 22.5 Å². The highest BCUT2D eigenvalue weighted by molar-refractivity contribution is 6.14. The lowest BCUT2D eigenvalue weighted by Crippen LogP contribution is -2.30. The van der Waals surface area contributed by atoms with Gasteiger partial charge in [0.15, 0.2) is 16.6 Å². The first kappa shape index (κ1) is 28.2. The molecule has 5 heteroatoms. The minimum absolute atomic E-state index is 0.351. The zero-order chi connectivity index (χ0) is 31.7. The number of fused-ring (bicyclic) bond motifs is 5. The van der Waals surface area contributed by atoms with Gasteiger partial charge in [-0.05, 0) is 48.6 Å². The number of hydrogen-bond donors (Lipinski definition) is 0. The van der Waals surface area contributed by atoms with Gasteiger partial charge in [0, 0.05) is 38.2 Å². The molecule has 226 valence electrons. The summed E-state index contributed by atoms with van der Waals surface area (Å²) in [6.07, 6.45) is 1.85. The van der Waals surface area contributed by atoms with Crippen molar-refractivity contribution in [2.75, 3.05) is 0 Å². The van der Waals surface area contributed by atoms with E-state index < -0.39 is 0 Å². The van der Waals surface area contributed by atoms with Crippen LogP contribution in [0, 0.1) is 6.92 Å². The van der Waals surface area contributed by atoms with E-state index in [0.29, 0.717) is 11.8 Å². The minimum Gasteiger partial charge on any atom is -0.455 e. The Labute approximate surface area is 268 Å². The monoisotopic (exact) mass is 601 g/mol. The first-order valence-corrected chi connectivity index (χ1v) is 16.1. The molecular weight excluding hydrogens is 564 g/mol. The van der Waals surface area contributed by atoms with E-state index in [0.717, 1.165) is 60.9 Å². The zero-order valence-corrected chi connectivity index (χ0v) is 27.2. The van der Waals surface area contributed by atoms with Gasteiger partial charge in [-0.25, -0.2) is 4.57 Å². The Kier molecular flexibility index (Phi) is 6.54. The summed E-state index contributed by atoms with van der Waals surface area (Å²) in [5, 5.41) is 13.2. The van der Waals surface area contributed by atoms with Crippen LogP contribution in [-0.4, -0.2) is 14.8 Å².